The second-order valence-corrected chi connectivity index (χ2v) is 7.43. The molecule has 3 aromatic rings. The SMILES string of the molecule is O=C(O)CSc1nnc(COc2ccc(Cl)cc2)n1-c1cccc(Br)c1. The topological polar surface area (TPSA) is 77.2 Å². The highest BCUT2D eigenvalue weighted by atomic mass is 79.9. The first-order chi connectivity index (χ1) is 12.5. The standard InChI is InChI=1S/C17H13BrClN3O3S/c18-11-2-1-3-13(8-11)22-15(20-21-17(22)26-10-16(23)24)9-25-14-6-4-12(19)5-7-14/h1-8H,9-10H2,(H,23,24). The number of carbonyl (C=O) groups is 1. The van der Waals surface area contributed by atoms with Crippen LogP contribution in [0.5, 0.6) is 5.75 Å². The third kappa shape index (κ3) is 4.78. The molecule has 134 valence electrons. The van der Waals surface area contributed by atoms with Crippen molar-refractivity contribution in [2.75, 3.05) is 5.75 Å². The Labute approximate surface area is 167 Å². The van der Waals surface area contributed by atoms with Crippen LogP contribution < -0.4 is 4.74 Å². The van der Waals surface area contributed by atoms with Gasteiger partial charge in [-0.2, -0.15) is 0 Å². The van der Waals surface area contributed by atoms with Gasteiger partial charge in [-0.1, -0.05) is 45.4 Å². The summed E-state index contributed by atoms with van der Waals surface area (Å²) in [7, 11) is 0. The van der Waals surface area contributed by atoms with E-state index in [1.165, 1.54) is 0 Å². The van der Waals surface area contributed by atoms with Crippen molar-refractivity contribution in [1.82, 2.24) is 14.8 Å². The Bertz CT molecular complexity index is 918. The molecule has 0 saturated carbocycles. The van der Waals surface area contributed by atoms with E-state index in [0.29, 0.717) is 21.8 Å². The molecule has 0 unspecified atom stereocenters. The number of hydrogen-bond acceptors (Lipinski definition) is 5. The minimum Gasteiger partial charge on any atom is -0.486 e. The molecule has 0 saturated heterocycles. The number of benzene rings is 2. The first kappa shape index (κ1) is 18.8. The van der Waals surface area contributed by atoms with Gasteiger partial charge in [0.05, 0.1) is 11.4 Å². The van der Waals surface area contributed by atoms with E-state index in [0.717, 1.165) is 21.9 Å². The van der Waals surface area contributed by atoms with Crippen molar-refractivity contribution >= 4 is 45.3 Å². The van der Waals surface area contributed by atoms with Crippen molar-refractivity contribution in [1.29, 1.82) is 0 Å². The van der Waals surface area contributed by atoms with Crippen LogP contribution in [0.4, 0.5) is 0 Å². The summed E-state index contributed by atoms with van der Waals surface area (Å²) in [5, 5.41) is 18.3. The lowest BCUT2D eigenvalue weighted by molar-refractivity contribution is -0.133. The van der Waals surface area contributed by atoms with Crippen molar-refractivity contribution in [3.8, 4) is 11.4 Å². The van der Waals surface area contributed by atoms with Gasteiger partial charge in [0.2, 0.25) is 0 Å². The zero-order valence-corrected chi connectivity index (χ0v) is 16.5. The summed E-state index contributed by atoms with van der Waals surface area (Å²) in [4.78, 5) is 10.9. The Hall–Kier alpha value is -2.03. The van der Waals surface area contributed by atoms with Gasteiger partial charge in [-0.25, -0.2) is 0 Å². The van der Waals surface area contributed by atoms with Crippen LogP contribution in [-0.4, -0.2) is 31.6 Å². The van der Waals surface area contributed by atoms with Gasteiger partial charge in [-0.15, -0.1) is 10.2 Å². The number of thioether (sulfide) groups is 1. The van der Waals surface area contributed by atoms with Crippen molar-refractivity contribution in [3.05, 3.63) is 63.9 Å². The van der Waals surface area contributed by atoms with E-state index in [-0.39, 0.29) is 12.4 Å². The van der Waals surface area contributed by atoms with E-state index in [9.17, 15) is 4.79 Å². The lowest BCUT2D eigenvalue weighted by atomic mass is 10.3. The monoisotopic (exact) mass is 453 g/mol. The van der Waals surface area contributed by atoms with Gasteiger partial charge in [0.15, 0.2) is 11.0 Å². The van der Waals surface area contributed by atoms with E-state index in [1.807, 2.05) is 24.3 Å². The molecule has 9 heteroatoms. The second kappa shape index (κ2) is 8.57. The lowest BCUT2D eigenvalue weighted by Crippen LogP contribution is -2.07. The van der Waals surface area contributed by atoms with Crippen molar-refractivity contribution in [2.45, 2.75) is 11.8 Å². The van der Waals surface area contributed by atoms with E-state index in [4.69, 9.17) is 21.4 Å². The Balaban J connectivity index is 1.88. The summed E-state index contributed by atoms with van der Waals surface area (Å²) in [5.41, 5.74) is 0.812. The lowest BCUT2D eigenvalue weighted by Gasteiger charge is -2.11. The summed E-state index contributed by atoms with van der Waals surface area (Å²) in [5.74, 6) is 0.186. The van der Waals surface area contributed by atoms with Gasteiger partial charge >= 0.3 is 5.97 Å². The van der Waals surface area contributed by atoms with Gasteiger partial charge < -0.3 is 9.84 Å². The summed E-state index contributed by atoms with van der Waals surface area (Å²) in [6, 6.07) is 14.6. The number of carboxylic acid groups (broad SMARTS) is 1. The molecule has 6 nitrogen and oxygen atoms in total. The third-order valence-electron chi connectivity index (χ3n) is 3.27. The number of aliphatic carboxylic acids is 1. The second-order valence-electron chi connectivity index (χ2n) is 5.14. The molecule has 1 heterocycles. The molecule has 2 aromatic carbocycles. The first-order valence-electron chi connectivity index (χ1n) is 7.46. The van der Waals surface area contributed by atoms with Crippen molar-refractivity contribution < 1.29 is 14.6 Å². The van der Waals surface area contributed by atoms with Crippen molar-refractivity contribution in [2.24, 2.45) is 0 Å². The number of rotatable bonds is 7. The number of halogens is 2. The maximum atomic E-state index is 10.9. The van der Waals surface area contributed by atoms with Gasteiger partial charge in [0.25, 0.3) is 0 Å². The first-order valence-corrected chi connectivity index (χ1v) is 9.62. The average molecular weight is 455 g/mol. The Kier molecular flexibility index (Phi) is 6.18. The summed E-state index contributed by atoms with van der Waals surface area (Å²) < 4.78 is 8.44. The average Bonchev–Trinajstić information content (AvgIpc) is 3.02. The number of aromatic nitrogens is 3. The van der Waals surface area contributed by atoms with E-state index >= 15 is 0 Å². The molecule has 26 heavy (non-hydrogen) atoms. The maximum Gasteiger partial charge on any atom is 0.313 e. The highest BCUT2D eigenvalue weighted by Gasteiger charge is 2.16. The molecule has 1 aromatic heterocycles. The number of ether oxygens (including phenoxy) is 1. The number of nitrogens with zero attached hydrogens (tertiary/aromatic N) is 3. The smallest absolute Gasteiger partial charge is 0.313 e. The summed E-state index contributed by atoms with van der Waals surface area (Å²) in [6.45, 7) is 0.175. The molecule has 0 amide bonds. The molecule has 0 bridgehead atoms. The van der Waals surface area contributed by atoms with Crippen LogP contribution >= 0.6 is 39.3 Å². The van der Waals surface area contributed by atoms with Crippen LogP contribution in [0.3, 0.4) is 0 Å². The fourth-order valence-corrected chi connectivity index (χ4v) is 3.37. The van der Waals surface area contributed by atoms with Crippen LogP contribution in [0, 0.1) is 0 Å². The Morgan fingerprint density at radius 2 is 2.00 bits per heavy atom. The fraction of sp³-hybridized carbons (Fsp3) is 0.118. The number of hydrogen-bond donors (Lipinski definition) is 1. The highest BCUT2D eigenvalue weighted by Crippen LogP contribution is 2.25. The molecule has 0 fully saturated rings. The van der Waals surface area contributed by atoms with Gasteiger partial charge in [0.1, 0.15) is 12.4 Å². The van der Waals surface area contributed by atoms with Crippen LogP contribution in [0.15, 0.2) is 58.2 Å². The molecule has 0 spiro atoms. The molecule has 3 rings (SSSR count). The molecule has 0 atom stereocenters. The van der Waals surface area contributed by atoms with E-state index in [2.05, 4.69) is 26.1 Å². The largest absolute Gasteiger partial charge is 0.486 e. The predicted molar refractivity (Wildman–Crippen MR) is 103 cm³/mol. The van der Waals surface area contributed by atoms with Crippen LogP contribution in [0.25, 0.3) is 5.69 Å². The van der Waals surface area contributed by atoms with Gasteiger partial charge in [0, 0.05) is 9.50 Å². The molecule has 1 N–H and O–H groups in total. The Morgan fingerprint density at radius 3 is 2.69 bits per heavy atom. The molecule has 0 aliphatic rings. The fourth-order valence-electron chi connectivity index (χ4n) is 2.17. The zero-order chi connectivity index (χ0) is 18.5. The van der Waals surface area contributed by atoms with Crippen LogP contribution in [0.1, 0.15) is 5.82 Å². The molecular weight excluding hydrogens is 442 g/mol. The quantitative estimate of drug-likeness (QED) is 0.532. The number of carboxylic acids is 1. The minimum atomic E-state index is -0.919. The molecule has 0 radical (unpaired) electrons. The van der Waals surface area contributed by atoms with Crippen LogP contribution in [0.2, 0.25) is 5.02 Å². The summed E-state index contributed by atoms with van der Waals surface area (Å²) in [6.07, 6.45) is 0. The maximum absolute atomic E-state index is 10.9. The Morgan fingerprint density at radius 1 is 1.23 bits per heavy atom. The van der Waals surface area contributed by atoms with Crippen molar-refractivity contribution in [3.63, 3.8) is 0 Å². The van der Waals surface area contributed by atoms with Crippen LogP contribution in [-0.2, 0) is 11.4 Å². The molecule has 0 aliphatic carbocycles. The van der Waals surface area contributed by atoms with E-state index < -0.39 is 5.97 Å². The summed E-state index contributed by atoms with van der Waals surface area (Å²) >= 11 is 10.4. The minimum absolute atomic E-state index is 0.107. The molecule has 0 aliphatic heterocycles. The normalized spacial score (nSPS) is 10.7. The highest BCUT2D eigenvalue weighted by molar-refractivity contribution is 9.10. The van der Waals surface area contributed by atoms with E-state index in [1.54, 1.807) is 28.8 Å². The van der Waals surface area contributed by atoms with Gasteiger partial charge in [-0.3, -0.25) is 9.36 Å². The third-order valence-corrected chi connectivity index (χ3v) is 4.93. The zero-order valence-electron chi connectivity index (χ0n) is 13.3. The van der Waals surface area contributed by atoms with Gasteiger partial charge in [-0.05, 0) is 42.5 Å². The predicted octanol–water partition coefficient (Wildman–Crippen LogP) is 4.44. The molecular formula is C17H13BrClN3O3S.